The molecule has 0 fully saturated rings. The average Bonchev–Trinajstić information content (AvgIpc) is 2.47. The Hall–Kier alpha value is -0.850. The Bertz CT molecular complexity index is 408. The van der Waals surface area contributed by atoms with E-state index in [1.165, 1.54) is 12.3 Å². The van der Waals surface area contributed by atoms with Crippen molar-refractivity contribution in [3.63, 3.8) is 0 Å². The van der Waals surface area contributed by atoms with E-state index in [1.54, 1.807) is 18.5 Å². The predicted molar refractivity (Wildman–Crippen MR) is 52.2 cm³/mol. The first-order valence-corrected chi connectivity index (χ1v) is 5.75. The van der Waals surface area contributed by atoms with Crippen molar-refractivity contribution in [2.75, 3.05) is 6.54 Å². The highest BCUT2D eigenvalue weighted by Gasteiger charge is 2.15. The zero-order chi connectivity index (χ0) is 10.8. The van der Waals surface area contributed by atoms with Gasteiger partial charge in [-0.3, -0.25) is 0 Å². The van der Waals surface area contributed by atoms with E-state index in [-0.39, 0.29) is 11.5 Å². The molecule has 0 radical (unpaired) electrons. The van der Waals surface area contributed by atoms with E-state index < -0.39 is 10.0 Å². The molecule has 0 unspecified atom stereocenters. The van der Waals surface area contributed by atoms with Crippen molar-refractivity contribution in [2.24, 2.45) is 7.05 Å². The smallest absolute Gasteiger partial charge is 0.242 e. The van der Waals surface area contributed by atoms with Crippen LogP contribution in [0.4, 0.5) is 0 Å². The molecule has 6 heteroatoms. The maximum Gasteiger partial charge on any atom is 0.242 e. The fraction of sp³-hybridized carbons (Fsp3) is 0.500. The standard InChI is InChI=1S/C8H14N2O3S/c1-3-9-14(12,13)8-4-7(6-11)10(2)5-8/h4-5,9,11H,3,6H2,1-2H3. The summed E-state index contributed by atoms with van der Waals surface area (Å²) >= 11 is 0. The van der Waals surface area contributed by atoms with E-state index >= 15 is 0 Å². The normalized spacial score (nSPS) is 11.9. The van der Waals surface area contributed by atoms with E-state index in [0.29, 0.717) is 12.2 Å². The van der Waals surface area contributed by atoms with Crippen molar-refractivity contribution >= 4 is 10.0 Å². The summed E-state index contributed by atoms with van der Waals surface area (Å²) in [6.07, 6.45) is 1.48. The molecule has 1 aromatic heterocycles. The third-order valence-electron chi connectivity index (χ3n) is 1.89. The van der Waals surface area contributed by atoms with Crippen LogP contribution in [0.1, 0.15) is 12.6 Å². The van der Waals surface area contributed by atoms with Gasteiger partial charge in [0, 0.05) is 25.5 Å². The minimum Gasteiger partial charge on any atom is -0.390 e. The number of aryl methyl sites for hydroxylation is 1. The molecule has 0 saturated carbocycles. The van der Waals surface area contributed by atoms with Gasteiger partial charge in [0.2, 0.25) is 10.0 Å². The number of aromatic nitrogens is 1. The first-order chi connectivity index (χ1) is 6.51. The van der Waals surface area contributed by atoms with Crippen molar-refractivity contribution in [1.82, 2.24) is 9.29 Å². The van der Waals surface area contributed by atoms with Crippen molar-refractivity contribution in [1.29, 1.82) is 0 Å². The first kappa shape index (κ1) is 11.2. The van der Waals surface area contributed by atoms with Gasteiger partial charge < -0.3 is 9.67 Å². The van der Waals surface area contributed by atoms with E-state index in [4.69, 9.17) is 5.11 Å². The van der Waals surface area contributed by atoms with Crippen LogP contribution in [-0.2, 0) is 23.7 Å². The molecule has 0 spiro atoms. The number of nitrogens with zero attached hydrogens (tertiary/aromatic N) is 1. The molecule has 0 atom stereocenters. The second kappa shape index (κ2) is 4.12. The van der Waals surface area contributed by atoms with Crippen molar-refractivity contribution in [2.45, 2.75) is 18.4 Å². The predicted octanol–water partition coefficient (Wildman–Crippen LogP) is -0.184. The second-order valence-electron chi connectivity index (χ2n) is 2.94. The third kappa shape index (κ3) is 2.14. The molecule has 0 aromatic carbocycles. The lowest BCUT2D eigenvalue weighted by Crippen LogP contribution is -2.22. The van der Waals surface area contributed by atoms with Gasteiger partial charge in [-0.2, -0.15) is 0 Å². The van der Waals surface area contributed by atoms with Gasteiger partial charge in [-0.25, -0.2) is 13.1 Å². The molecule has 1 aromatic rings. The Morgan fingerprint density at radius 1 is 1.57 bits per heavy atom. The topological polar surface area (TPSA) is 71.3 Å². The van der Waals surface area contributed by atoms with E-state index in [0.717, 1.165) is 0 Å². The first-order valence-electron chi connectivity index (χ1n) is 4.27. The lowest BCUT2D eigenvalue weighted by molar-refractivity contribution is 0.272. The Morgan fingerprint density at radius 3 is 2.64 bits per heavy atom. The SMILES string of the molecule is CCNS(=O)(=O)c1cc(CO)n(C)c1. The lowest BCUT2D eigenvalue weighted by atomic mass is 10.5. The molecule has 0 aliphatic carbocycles. The summed E-state index contributed by atoms with van der Waals surface area (Å²) in [5.74, 6) is 0. The molecular formula is C8H14N2O3S. The molecule has 1 heterocycles. The summed E-state index contributed by atoms with van der Waals surface area (Å²) in [5, 5.41) is 8.89. The molecule has 0 bridgehead atoms. The van der Waals surface area contributed by atoms with Gasteiger partial charge in [0.1, 0.15) is 0 Å². The molecule has 0 aliphatic rings. The Labute approximate surface area is 83.4 Å². The number of hydrogen-bond acceptors (Lipinski definition) is 3. The fourth-order valence-corrected chi connectivity index (χ4v) is 2.29. The molecule has 0 amide bonds. The highest BCUT2D eigenvalue weighted by Crippen LogP contribution is 2.12. The third-order valence-corrected chi connectivity index (χ3v) is 3.40. The molecule has 1 rings (SSSR count). The van der Waals surface area contributed by atoms with Crippen molar-refractivity contribution < 1.29 is 13.5 Å². The van der Waals surface area contributed by atoms with Crippen LogP contribution in [0.3, 0.4) is 0 Å². The zero-order valence-corrected chi connectivity index (χ0v) is 9.00. The minimum absolute atomic E-state index is 0.169. The molecule has 0 saturated heterocycles. The molecule has 2 N–H and O–H groups in total. The second-order valence-corrected chi connectivity index (χ2v) is 4.70. The van der Waals surface area contributed by atoms with Gasteiger partial charge in [0.15, 0.2) is 0 Å². The van der Waals surface area contributed by atoms with Gasteiger partial charge >= 0.3 is 0 Å². The maximum atomic E-state index is 11.5. The highest BCUT2D eigenvalue weighted by molar-refractivity contribution is 7.89. The van der Waals surface area contributed by atoms with Crippen LogP contribution in [-0.4, -0.2) is 24.6 Å². The fourth-order valence-electron chi connectivity index (χ4n) is 1.15. The van der Waals surface area contributed by atoms with Crippen LogP contribution in [0.25, 0.3) is 0 Å². The van der Waals surface area contributed by atoms with Crippen LogP contribution in [0.2, 0.25) is 0 Å². The summed E-state index contributed by atoms with van der Waals surface area (Å²) in [4.78, 5) is 0.186. The maximum absolute atomic E-state index is 11.5. The Morgan fingerprint density at radius 2 is 2.21 bits per heavy atom. The number of nitrogens with one attached hydrogen (secondary N) is 1. The van der Waals surface area contributed by atoms with Crippen molar-refractivity contribution in [3.05, 3.63) is 18.0 Å². The van der Waals surface area contributed by atoms with Crippen LogP contribution >= 0.6 is 0 Å². The number of aliphatic hydroxyl groups excluding tert-OH is 1. The molecular weight excluding hydrogens is 204 g/mol. The van der Waals surface area contributed by atoms with Gasteiger partial charge in [0.25, 0.3) is 0 Å². The number of rotatable bonds is 4. The lowest BCUT2D eigenvalue weighted by Gasteiger charge is -1.99. The number of aliphatic hydroxyl groups is 1. The van der Waals surface area contributed by atoms with Gasteiger partial charge in [-0.05, 0) is 6.07 Å². The van der Waals surface area contributed by atoms with Gasteiger partial charge in [-0.15, -0.1) is 0 Å². The summed E-state index contributed by atoms with van der Waals surface area (Å²) in [6.45, 7) is 1.90. The molecule has 14 heavy (non-hydrogen) atoms. The van der Waals surface area contributed by atoms with Crippen molar-refractivity contribution in [3.8, 4) is 0 Å². The quantitative estimate of drug-likeness (QED) is 0.736. The van der Waals surface area contributed by atoms with Crippen LogP contribution < -0.4 is 4.72 Å². The summed E-state index contributed by atoms with van der Waals surface area (Å²) in [5.41, 5.74) is 0.571. The Balaban J connectivity index is 3.08. The van der Waals surface area contributed by atoms with E-state index in [9.17, 15) is 8.42 Å². The molecule has 5 nitrogen and oxygen atoms in total. The van der Waals surface area contributed by atoms with Crippen LogP contribution in [0.15, 0.2) is 17.2 Å². The summed E-state index contributed by atoms with van der Waals surface area (Å²) in [7, 11) is -1.71. The van der Waals surface area contributed by atoms with Crippen LogP contribution in [0, 0.1) is 0 Å². The van der Waals surface area contributed by atoms with Crippen LogP contribution in [0.5, 0.6) is 0 Å². The van der Waals surface area contributed by atoms with E-state index in [2.05, 4.69) is 4.72 Å². The largest absolute Gasteiger partial charge is 0.390 e. The average molecular weight is 218 g/mol. The number of hydrogen-bond donors (Lipinski definition) is 2. The summed E-state index contributed by atoms with van der Waals surface area (Å²) < 4.78 is 27.0. The number of sulfonamides is 1. The zero-order valence-electron chi connectivity index (χ0n) is 8.19. The highest BCUT2D eigenvalue weighted by atomic mass is 32.2. The summed E-state index contributed by atoms with van der Waals surface area (Å²) in [6, 6.07) is 1.46. The van der Waals surface area contributed by atoms with E-state index in [1.807, 2.05) is 0 Å². The van der Waals surface area contributed by atoms with Gasteiger partial charge in [0.05, 0.1) is 11.5 Å². The minimum atomic E-state index is -3.40. The molecule has 0 aliphatic heterocycles. The Kier molecular flexibility index (Phi) is 3.30. The monoisotopic (exact) mass is 218 g/mol. The van der Waals surface area contributed by atoms with Gasteiger partial charge in [-0.1, -0.05) is 6.92 Å². The molecule has 80 valence electrons.